The molecule has 0 spiro atoms. The second-order valence-electron chi connectivity index (χ2n) is 4.94. The Kier molecular flexibility index (Phi) is 3.48. The molecule has 0 radical (unpaired) electrons. The summed E-state index contributed by atoms with van der Waals surface area (Å²) in [6.45, 7) is 2.95. The molecule has 2 saturated heterocycles. The molecule has 1 atom stereocenters. The van der Waals surface area contributed by atoms with E-state index < -0.39 is 11.0 Å². The zero-order valence-corrected chi connectivity index (χ0v) is 9.67. The summed E-state index contributed by atoms with van der Waals surface area (Å²) in [6, 6.07) is 2.40. The van der Waals surface area contributed by atoms with Gasteiger partial charge in [0.25, 0.3) is 0 Å². The van der Waals surface area contributed by atoms with Crippen LogP contribution in [0.1, 0.15) is 32.1 Å². The predicted molar refractivity (Wildman–Crippen MR) is 59.8 cm³/mol. The Labute approximate surface area is 96.6 Å². The van der Waals surface area contributed by atoms with Crippen LogP contribution in [0.5, 0.6) is 0 Å². The van der Waals surface area contributed by atoms with Crippen molar-refractivity contribution in [1.82, 2.24) is 5.32 Å². The van der Waals surface area contributed by atoms with Crippen LogP contribution in [0.2, 0.25) is 0 Å². The fourth-order valence-corrected chi connectivity index (χ4v) is 2.93. The van der Waals surface area contributed by atoms with Crippen LogP contribution in [0.4, 0.5) is 0 Å². The van der Waals surface area contributed by atoms with Crippen molar-refractivity contribution in [2.75, 3.05) is 26.3 Å². The standard InChI is InChI=1S/C12H20N2O2/c13-10-11(4-8-16-9-5-11)12(15)2-1-6-14-7-3-12/h14-15H,1-9H2. The van der Waals surface area contributed by atoms with Crippen LogP contribution in [0, 0.1) is 16.7 Å². The van der Waals surface area contributed by atoms with Crippen LogP contribution in [0.25, 0.3) is 0 Å². The van der Waals surface area contributed by atoms with Gasteiger partial charge in [-0.05, 0) is 45.2 Å². The minimum atomic E-state index is -0.824. The first-order chi connectivity index (χ1) is 7.72. The Morgan fingerprint density at radius 1 is 1.12 bits per heavy atom. The molecule has 0 aromatic carbocycles. The monoisotopic (exact) mass is 224 g/mol. The first-order valence-electron chi connectivity index (χ1n) is 6.15. The van der Waals surface area contributed by atoms with Gasteiger partial charge in [-0.25, -0.2) is 0 Å². The van der Waals surface area contributed by atoms with Crippen molar-refractivity contribution in [1.29, 1.82) is 5.26 Å². The highest BCUT2D eigenvalue weighted by molar-refractivity contribution is 5.12. The summed E-state index contributed by atoms with van der Waals surface area (Å²) in [6.07, 6.45) is 3.69. The van der Waals surface area contributed by atoms with Crippen LogP contribution in [-0.2, 0) is 4.74 Å². The van der Waals surface area contributed by atoms with Gasteiger partial charge in [-0.2, -0.15) is 5.26 Å². The Balaban J connectivity index is 2.20. The van der Waals surface area contributed by atoms with Gasteiger partial charge in [0.2, 0.25) is 0 Å². The van der Waals surface area contributed by atoms with Crippen LogP contribution in [0.15, 0.2) is 0 Å². The number of ether oxygens (including phenoxy) is 1. The smallest absolute Gasteiger partial charge is 0.0904 e. The second-order valence-corrected chi connectivity index (χ2v) is 4.94. The lowest BCUT2D eigenvalue weighted by molar-refractivity contribution is -0.110. The average molecular weight is 224 g/mol. The van der Waals surface area contributed by atoms with E-state index in [1.54, 1.807) is 0 Å². The molecule has 90 valence electrons. The summed E-state index contributed by atoms with van der Waals surface area (Å²) in [5.41, 5.74) is -1.41. The van der Waals surface area contributed by atoms with E-state index in [1.807, 2.05) is 0 Å². The number of rotatable bonds is 1. The van der Waals surface area contributed by atoms with E-state index in [2.05, 4.69) is 11.4 Å². The molecular formula is C12H20N2O2. The van der Waals surface area contributed by atoms with Crippen molar-refractivity contribution in [2.45, 2.75) is 37.7 Å². The molecule has 0 amide bonds. The summed E-state index contributed by atoms with van der Waals surface area (Å²) in [5, 5.41) is 23.6. The number of hydrogen-bond donors (Lipinski definition) is 2. The normalized spacial score (nSPS) is 35.0. The molecule has 2 fully saturated rings. The number of nitrogens with one attached hydrogen (secondary N) is 1. The highest BCUT2D eigenvalue weighted by Crippen LogP contribution is 2.45. The van der Waals surface area contributed by atoms with Gasteiger partial charge in [0.1, 0.15) is 0 Å². The maximum atomic E-state index is 10.8. The highest BCUT2D eigenvalue weighted by Gasteiger charge is 2.51. The van der Waals surface area contributed by atoms with E-state index >= 15 is 0 Å². The molecule has 0 aliphatic carbocycles. The van der Waals surface area contributed by atoms with Crippen LogP contribution in [-0.4, -0.2) is 37.0 Å². The van der Waals surface area contributed by atoms with Crippen molar-refractivity contribution in [2.24, 2.45) is 5.41 Å². The molecule has 1 unspecified atom stereocenters. The minimum absolute atomic E-state index is 0.586. The molecule has 16 heavy (non-hydrogen) atoms. The van der Waals surface area contributed by atoms with Crippen molar-refractivity contribution >= 4 is 0 Å². The van der Waals surface area contributed by atoms with E-state index in [0.717, 1.165) is 25.9 Å². The van der Waals surface area contributed by atoms with Crippen LogP contribution >= 0.6 is 0 Å². The molecule has 2 aliphatic rings. The second kappa shape index (κ2) is 4.70. The number of nitriles is 1. The molecule has 0 saturated carbocycles. The molecule has 2 heterocycles. The van der Waals surface area contributed by atoms with Crippen LogP contribution in [0.3, 0.4) is 0 Å². The fraction of sp³-hybridized carbons (Fsp3) is 0.917. The first kappa shape index (κ1) is 11.8. The van der Waals surface area contributed by atoms with Crippen molar-refractivity contribution in [3.05, 3.63) is 0 Å². The lowest BCUT2D eigenvalue weighted by Crippen LogP contribution is -2.51. The van der Waals surface area contributed by atoms with E-state index in [-0.39, 0.29) is 0 Å². The molecule has 0 aromatic heterocycles. The SMILES string of the molecule is N#CC1(C2(O)CCCNCC2)CCOCC1. The maximum absolute atomic E-state index is 10.8. The molecule has 2 aliphatic heterocycles. The molecule has 4 nitrogen and oxygen atoms in total. The van der Waals surface area contributed by atoms with E-state index in [9.17, 15) is 10.4 Å². The molecule has 2 N–H and O–H groups in total. The van der Waals surface area contributed by atoms with Gasteiger partial charge in [0.05, 0.1) is 17.1 Å². The third-order valence-electron chi connectivity index (χ3n) is 4.11. The highest BCUT2D eigenvalue weighted by atomic mass is 16.5. The Hall–Kier alpha value is -0.630. The Morgan fingerprint density at radius 2 is 1.88 bits per heavy atom. The van der Waals surface area contributed by atoms with Gasteiger partial charge in [-0.15, -0.1) is 0 Å². The lowest BCUT2D eigenvalue weighted by atomic mass is 9.65. The Morgan fingerprint density at radius 3 is 2.56 bits per heavy atom. The summed E-state index contributed by atoms with van der Waals surface area (Å²) in [7, 11) is 0. The first-order valence-corrected chi connectivity index (χ1v) is 6.15. The summed E-state index contributed by atoms with van der Waals surface area (Å²) in [5.74, 6) is 0. The van der Waals surface area contributed by atoms with Crippen molar-refractivity contribution in [3.63, 3.8) is 0 Å². The quantitative estimate of drug-likeness (QED) is 0.692. The molecule has 0 aromatic rings. The van der Waals surface area contributed by atoms with Gasteiger partial charge in [-0.1, -0.05) is 0 Å². The van der Waals surface area contributed by atoms with Crippen molar-refractivity contribution < 1.29 is 9.84 Å². The van der Waals surface area contributed by atoms with Gasteiger partial charge in [0.15, 0.2) is 0 Å². The topological polar surface area (TPSA) is 65.3 Å². The van der Waals surface area contributed by atoms with E-state index in [1.165, 1.54) is 0 Å². The lowest BCUT2D eigenvalue weighted by Gasteiger charge is -2.44. The predicted octanol–water partition coefficient (Wildman–Crippen LogP) is 0.811. The summed E-state index contributed by atoms with van der Waals surface area (Å²) < 4.78 is 5.32. The fourth-order valence-electron chi connectivity index (χ4n) is 2.93. The molecule has 4 heteroatoms. The summed E-state index contributed by atoms with van der Waals surface area (Å²) in [4.78, 5) is 0. The largest absolute Gasteiger partial charge is 0.388 e. The molecule has 0 bridgehead atoms. The number of nitrogens with zero attached hydrogens (tertiary/aromatic N) is 1. The summed E-state index contributed by atoms with van der Waals surface area (Å²) >= 11 is 0. The van der Waals surface area contributed by atoms with Gasteiger partial charge in [0, 0.05) is 13.2 Å². The zero-order valence-electron chi connectivity index (χ0n) is 9.67. The third-order valence-corrected chi connectivity index (χ3v) is 4.11. The number of hydrogen-bond acceptors (Lipinski definition) is 4. The Bertz CT molecular complexity index is 271. The molecule has 2 rings (SSSR count). The van der Waals surface area contributed by atoms with Crippen molar-refractivity contribution in [3.8, 4) is 6.07 Å². The maximum Gasteiger partial charge on any atom is 0.0904 e. The van der Waals surface area contributed by atoms with Gasteiger partial charge >= 0.3 is 0 Å². The van der Waals surface area contributed by atoms with Crippen LogP contribution < -0.4 is 5.32 Å². The van der Waals surface area contributed by atoms with Gasteiger partial charge in [-0.3, -0.25) is 0 Å². The molecular weight excluding hydrogens is 204 g/mol. The van der Waals surface area contributed by atoms with E-state index in [0.29, 0.717) is 32.5 Å². The third kappa shape index (κ3) is 1.95. The van der Waals surface area contributed by atoms with Gasteiger partial charge < -0.3 is 15.2 Å². The minimum Gasteiger partial charge on any atom is -0.388 e. The zero-order chi connectivity index (χ0) is 11.5. The van der Waals surface area contributed by atoms with E-state index in [4.69, 9.17) is 4.74 Å². The average Bonchev–Trinajstić information content (AvgIpc) is 2.56. The number of aliphatic hydroxyl groups is 1.